The summed E-state index contributed by atoms with van der Waals surface area (Å²) < 4.78 is 11.7. The van der Waals surface area contributed by atoms with Crippen LogP contribution in [0.5, 0.6) is 0 Å². The van der Waals surface area contributed by atoms with Gasteiger partial charge in [0.15, 0.2) is 6.29 Å². The molecule has 48 heavy (non-hydrogen) atoms. The minimum absolute atomic E-state index is 0.0117. The fraction of sp³-hybridized carbons (Fsp3) is 0.889. The number of allylic oxidation sites excluding steroid dienone is 2. The topological polar surface area (TPSA) is 214 Å². The molecule has 5 fully saturated rings. The van der Waals surface area contributed by atoms with Gasteiger partial charge in [-0.05, 0) is 99.2 Å². The zero-order valence-electron chi connectivity index (χ0n) is 28.9. The highest BCUT2D eigenvalue weighted by Gasteiger charge is 2.77. The number of rotatable bonds is 6. The second kappa shape index (κ2) is 11.4. The van der Waals surface area contributed by atoms with Crippen LogP contribution in [0.15, 0.2) is 11.6 Å². The first kappa shape index (κ1) is 36.2. The van der Waals surface area contributed by atoms with Crippen LogP contribution >= 0.6 is 0 Å². The largest absolute Gasteiger partial charge is 0.481 e. The molecule has 5 aliphatic carbocycles. The molecule has 4 saturated carbocycles. The lowest BCUT2D eigenvalue weighted by molar-refractivity contribution is -0.352. The van der Waals surface area contributed by atoms with E-state index in [0.29, 0.717) is 32.1 Å². The van der Waals surface area contributed by atoms with Crippen molar-refractivity contribution in [2.75, 3.05) is 13.2 Å². The van der Waals surface area contributed by atoms with Gasteiger partial charge in [-0.25, -0.2) is 0 Å². The normalized spacial score (nSPS) is 52.9. The van der Waals surface area contributed by atoms with Crippen molar-refractivity contribution < 1.29 is 59.9 Å². The fourth-order valence-corrected chi connectivity index (χ4v) is 12.1. The number of carbonyl (C=O) groups is 2. The molecule has 0 aromatic carbocycles. The van der Waals surface area contributed by atoms with E-state index in [9.17, 15) is 50.4 Å². The van der Waals surface area contributed by atoms with E-state index in [1.54, 1.807) is 0 Å². The Bertz CT molecular complexity index is 1350. The summed E-state index contributed by atoms with van der Waals surface area (Å²) in [5.74, 6) is -2.54. The minimum Gasteiger partial charge on any atom is -0.481 e. The lowest BCUT2D eigenvalue weighted by Gasteiger charge is -2.73. The molecule has 14 unspecified atom stereocenters. The van der Waals surface area contributed by atoms with Crippen molar-refractivity contribution in [1.82, 2.24) is 0 Å². The van der Waals surface area contributed by atoms with Crippen LogP contribution < -0.4 is 0 Å². The Morgan fingerprint density at radius 1 is 0.875 bits per heavy atom. The van der Waals surface area contributed by atoms with E-state index in [2.05, 4.69) is 33.8 Å². The highest BCUT2D eigenvalue weighted by molar-refractivity contribution is 5.78. The Hall–Kier alpha value is -1.64. The molecule has 1 heterocycles. The number of aliphatic carboxylic acids is 2. The van der Waals surface area contributed by atoms with Crippen LogP contribution in [0.4, 0.5) is 0 Å². The van der Waals surface area contributed by atoms with Crippen molar-refractivity contribution in [2.45, 2.75) is 141 Å². The molecule has 8 N–H and O–H groups in total. The van der Waals surface area contributed by atoms with Crippen molar-refractivity contribution in [3.05, 3.63) is 11.6 Å². The Morgan fingerprint density at radius 2 is 1.54 bits per heavy atom. The molecular weight excluding hydrogens is 624 g/mol. The molecule has 14 atom stereocenters. The van der Waals surface area contributed by atoms with Gasteiger partial charge in [0.25, 0.3) is 0 Å². The molecule has 0 spiro atoms. The van der Waals surface area contributed by atoms with Crippen LogP contribution in [0.3, 0.4) is 0 Å². The fourth-order valence-electron chi connectivity index (χ4n) is 12.1. The first-order valence-corrected chi connectivity index (χ1v) is 17.7. The molecule has 12 nitrogen and oxygen atoms in total. The summed E-state index contributed by atoms with van der Waals surface area (Å²) in [6.07, 6.45) is -2.29. The number of aliphatic hydroxyl groups excluding tert-OH is 5. The second-order valence-electron chi connectivity index (χ2n) is 17.6. The quantitative estimate of drug-likeness (QED) is 0.150. The van der Waals surface area contributed by atoms with Crippen LogP contribution in [0.25, 0.3) is 0 Å². The van der Waals surface area contributed by atoms with Gasteiger partial charge < -0.3 is 50.3 Å². The van der Waals surface area contributed by atoms with Crippen LogP contribution in [-0.2, 0) is 19.1 Å². The third-order valence-corrected chi connectivity index (χ3v) is 15.5. The van der Waals surface area contributed by atoms with Gasteiger partial charge in [0.1, 0.15) is 29.8 Å². The number of carboxylic acid groups (broad SMARTS) is 2. The highest BCUT2D eigenvalue weighted by Crippen LogP contribution is 2.76. The zero-order valence-corrected chi connectivity index (χ0v) is 28.9. The Kier molecular flexibility index (Phi) is 8.61. The number of hydrogen-bond acceptors (Lipinski definition) is 10. The minimum atomic E-state index is -1.99. The van der Waals surface area contributed by atoms with E-state index in [4.69, 9.17) is 9.47 Å². The average molecular weight is 681 g/mol. The Balaban J connectivity index is 1.40. The standard InChI is InChI=1S/C36H56O12/c1-30(2)10-13-34(29(44)45)14-11-31(3)19(20(34)16-30)6-7-22-32(31,4)12-15-36(46)33(5,28(42)43)23(8-9-35(22,36)18-38)48-27-26(41)25(40)24(39)21(17-37)47-27/h6,20-27,37-41,46H,7-18H2,1-5H3,(H,42,43)(H,44,45). The highest BCUT2D eigenvalue weighted by atomic mass is 16.7. The van der Waals surface area contributed by atoms with Crippen molar-refractivity contribution >= 4 is 11.9 Å². The van der Waals surface area contributed by atoms with Gasteiger partial charge >= 0.3 is 11.9 Å². The van der Waals surface area contributed by atoms with Gasteiger partial charge in [-0.2, -0.15) is 0 Å². The number of aliphatic hydroxyl groups is 6. The van der Waals surface area contributed by atoms with Gasteiger partial charge in [-0.1, -0.05) is 39.3 Å². The van der Waals surface area contributed by atoms with Crippen molar-refractivity contribution in [2.24, 2.45) is 44.3 Å². The molecule has 6 rings (SSSR count). The second-order valence-corrected chi connectivity index (χ2v) is 17.6. The summed E-state index contributed by atoms with van der Waals surface area (Å²) in [6.45, 7) is 9.09. The van der Waals surface area contributed by atoms with E-state index in [0.717, 1.165) is 12.8 Å². The maximum Gasteiger partial charge on any atom is 0.314 e. The molecule has 1 aliphatic heterocycles. The van der Waals surface area contributed by atoms with E-state index >= 15 is 0 Å². The molecule has 6 aliphatic rings. The van der Waals surface area contributed by atoms with Crippen molar-refractivity contribution in [3.8, 4) is 0 Å². The predicted octanol–water partition coefficient (Wildman–Crippen LogP) is 2.21. The average Bonchev–Trinajstić information content (AvgIpc) is 3.03. The predicted molar refractivity (Wildman–Crippen MR) is 170 cm³/mol. The summed E-state index contributed by atoms with van der Waals surface area (Å²) in [5, 5.41) is 86.9. The number of carboxylic acids is 2. The third-order valence-electron chi connectivity index (χ3n) is 15.5. The van der Waals surface area contributed by atoms with E-state index < -0.39 is 94.6 Å². The first-order valence-electron chi connectivity index (χ1n) is 17.7. The van der Waals surface area contributed by atoms with Crippen LogP contribution in [-0.4, -0.2) is 108 Å². The Morgan fingerprint density at radius 3 is 2.15 bits per heavy atom. The van der Waals surface area contributed by atoms with Gasteiger partial charge in [-0.3, -0.25) is 9.59 Å². The lowest BCUT2D eigenvalue weighted by Crippen LogP contribution is -2.77. The molecule has 272 valence electrons. The smallest absolute Gasteiger partial charge is 0.314 e. The monoisotopic (exact) mass is 680 g/mol. The lowest BCUT2D eigenvalue weighted by atomic mass is 9.32. The van der Waals surface area contributed by atoms with Gasteiger partial charge in [0.05, 0.1) is 30.3 Å². The van der Waals surface area contributed by atoms with Gasteiger partial charge in [-0.15, -0.1) is 0 Å². The molecule has 0 aromatic heterocycles. The summed E-state index contributed by atoms with van der Waals surface area (Å²) in [7, 11) is 0. The van der Waals surface area contributed by atoms with Crippen molar-refractivity contribution in [1.29, 1.82) is 0 Å². The number of hydrogen-bond donors (Lipinski definition) is 8. The summed E-state index contributed by atoms with van der Waals surface area (Å²) in [6, 6.07) is 0. The maximum atomic E-state index is 13.4. The van der Waals surface area contributed by atoms with E-state index in [-0.39, 0.29) is 36.5 Å². The van der Waals surface area contributed by atoms with Crippen LogP contribution in [0.1, 0.15) is 98.8 Å². The van der Waals surface area contributed by atoms with Crippen LogP contribution in [0.2, 0.25) is 0 Å². The molecule has 12 heteroatoms. The summed E-state index contributed by atoms with van der Waals surface area (Å²) in [5.41, 5.74) is -5.78. The van der Waals surface area contributed by atoms with Crippen molar-refractivity contribution in [3.63, 3.8) is 0 Å². The summed E-state index contributed by atoms with van der Waals surface area (Å²) in [4.78, 5) is 26.4. The first-order chi connectivity index (χ1) is 22.2. The molecule has 1 saturated heterocycles. The molecule has 0 bridgehead atoms. The number of fused-ring (bicyclic) bond motifs is 7. The zero-order chi connectivity index (χ0) is 35.5. The van der Waals surface area contributed by atoms with Crippen LogP contribution in [0, 0.1) is 44.3 Å². The van der Waals surface area contributed by atoms with Gasteiger partial charge in [0.2, 0.25) is 0 Å². The summed E-state index contributed by atoms with van der Waals surface area (Å²) >= 11 is 0. The SMILES string of the molecule is CC1(C)CCC2(C(=O)O)CCC3(C)C(=CCC4C3(C)CCC3(O)C4(CO)CCC(OC4OC(CO)C(O)C(O)C4O)C3(C)C(=O)O)C2C1. The molecule has 0 radical (unpaired) electrons. The molecule has 0 amide bonds. The van der Waals surface area contributed by atoms with Gasteiger partial charge in [0, 0.05) is 5.41 Å². The van der Waals surface area contributed by atoms with E-state index in [1.165, 1.54) is 12.5 Å². The maximum absolute atomic E-state index is 13.4. The Labute approximate surface area is 282 Å². The third kappa shape index (κ3) is 4.42. The number of ether oxygens (including phenoxy) is 2. The molecule has 0 aromatic rings. The van der Waals surface area contributed by atoms with E-state index in [1.807, 2.05) is 0 Å². The molecular formula is C36H56O12.